The van der Waals surface area contributed by atoms with Gasteiger partial charge in [0.25, 0.3) is 11.6 Å². The van der Waals surface area contributed by atoms with E-state index in [1.807, 2.05) is 0 Å². The Labute approximate surface area is 154 Å². The van der Waals surface area contributed by atoms with Gasteiger partial charge in [-0.2, -0.15) is 0 Å². The Hall–Kier alpha value is -2.46. The van der Waals surface area contributed by atoms with Gasteiger partial charge in [-0.15, -0.1) is 10.2 Å². The number of nitro benzene ring substituents is 1. The Bertz CT molecular complexity index is 831. The van der Waals surface area contributed by atoms with Crippen molar-refractivity contribution in [3.8, 4) is 0 Å². The van der Waals surface area contributed by atoms with E-state index in [-0.39, 0.29) is 17.2 Å². The molecule has 9 nitrogen and oxygen atoms in total. The minimum absolute atomic E-state index is 0.140. The quantitative estimate of drug-likeness (QED) is 0.581. The zero-order valence-electron chi connectivity index (χ0n) is 14.3. The van der Waals surface area contributed by atoms with Crippen LogP contribution in [0, 0.1) is 10.1 Å². The van der Waals surface area contributed by atoms with Gasteiger partial charge in [-0.3, -0.25) is 14.9 Å². The third-order valence-corrected chi connectivity index (χ3v) is 5.74. The normalized spacial score (nSPS) is 15.8. The summed E-state index contributed by atoms with van der Waals surface area (Å²) in [4.78, 5) is 24.0. The van der Waals surface area contributed by atoms with Crippen LogP contribution in [0.2, 0.25) is 0 Å². The predicted molar refractivity (Wildman–Crippen MR) is 95.9 cm³/mol. The standard InChI is InChI=1S/C16H20N6O3S/c1-21-10-18-20-15(21)26-13-5-4-11(8-12(13)22(24)25)14(23)19-16(9-17)6-2-3-7-16/h4-5,8,10H,2-3,6-7,9,17H2,1H3,(H,19,23). The number of benzene rings is 1. The molecule has 1 fully saturated rings. The van der Waals surface area contributed by atoms with E-state index in [2.05, 4.69) is 15.5 Å². The minimum atomic E-state index is -0.496. The number of amides is 1. The highest BCUT2D eigenvalue weighted by Gasteiger charge is 2.34. The average Bonchev–Trinajstić information content (AvgIpc) is 3.25. The van der Waals surface area contributed by atoms with Crippen molar-refractivity contribution in [3.05, 3.63) is 40.2 Å². The van der Waals surface area contributed by atoms with Gasteiger partial charge in [-0.1, -0.05) is 12.8 Å². The lowest BCUT2D eigenvalue weighted by atomic mass is 9.97. The number of aromatic nitrogens is 3. The van der Waals surface area contributed by atoms with E-state index < -0.39 is 10.5 Å². The molecule has 3 N–H and O–H groups in total. The van der Waals surface area contributed by atoms with Crippen molar-refractivity contribution in [2.75, 3.05) is 6.54 Å². The molecule has 3 rings (SSSR count). The third kappa shape index (κ3) is 3.70. The molecule has 1 aliphatic rings. The fourth-order valence-electron chi connectivity index (χ4n) is 3.10. The molecule has 2 aromatic rings. The molecule has 0 saturated heterocycles. The summed E-state index contributed by atoms with van der Waals surface area (Å²) in [6, 6.07) is 4.45. The van der Waals surface area contributed by atoms with E-state index >= 15 is 0 Å². The first-order chi connectivity index (χ1) is 12.4. The van der Waals surface area contributed by atoms with Crippen molar-refractivity contribution < 1.29 is 9.72 Å². The SMILES string of the molecule is Cn1cnnc1Sc1ccc(C(=O)NC2(CN)CCCC2)cc1[N+](=O)[O-]. The van der Waals surface area contributed by atoms with E-state index in [1.165, 1.54) is 12.4 Å². The maximum absolute atomic E-state index is 12.6. The molecule has 1 saturated carbocycles. The van der Waals surface area contributed by atoms with Gasteiger partial charge in [0.05, 0.1) is 15.4 Å². The van der Waals surface area contributed by atoms with Gasteiger partial charge in [-0.05, 0) is 36.7 Å². The molecule has 0 unspecified atom stereocenters. The first-order valence-electron chi connectivity index (χ1n) is 8.27. The van der Waals surface area contributed by atoms with Crippen LogP contribution in [0.5, 0.6) is 0 Å². The summed E-state index contributed by atoms with van der Waals surface area (Å²) in [6.45, 7) is 0.362. The second-order valence-electron chi connectivity index (χ2n) is 6.41. The molecule has 1 aromatic heterocycles. The zero-order chi connectivity index (χ0) is 18.7. The fourth-order valence-corrected chi connectivity index (χ4v) is 3.95. The van der Waals surface area contributed by atoms with Crippen molar-refractivity contribution in [1.29, 1.82) is 0 Å². The lowest BCUT2D eigenvalue weighted by Crippen LogP contribution is -2.51. The summed E-state index contributed by atoms with van der Waals surface area (Å²) in [5, 5.41) is 22.7. The molecule has 26 heavy (non-hydrogen) atoms. The number of carbonyl (C=O) groups is 1. The number of aryl methyl sites for hydroxylation is 1. The largest absolute Gasteiger partial charge is 0.345 e. The number of nitrogens with zero attached hydrogens (tertiary/aromatic N) is 4. The Morgan fingerprint density at radius 1 is 1.46 bits per heavy atom. The van der Waals surface area contributed by atoms with Gasteiger partial charge < -0.3 is 15.6 Å². The second-order valence-corrected chi connectivity index (χ2v) is 7.42. The topological polar surface area (TPSA) is 129 Å². The first-order valence-corrected chi connectivity index (χ1v) is 9.09. The summed E-state index contributed by atoms with van der Waals surface area (Å²) >= 11 is 1.13. The van der Waals surface area contributed by atoms with Crippen LogP contribution in [0.25, 0.3) is 0 Å². The number of rotatable bonds is 6. The van der Waals surface area contributed by atoms with Crippen LogP contribution >= 0.6 is 11.8 Å². The van der Waals surface area contributed by atoms with Crippen LogP contribution < -0.4 is 11.1 Å². The number of hydrogen-bond acceptors (Lipinski definition) is 7. The molecule has 10 heteroatoms. The van der Waals surface area contributed by atoms with Gasteiger partial charge in [0.1, 0.15) is 6.33 Å². The highest BCUT2D eigenvalue weighted by Crippen LogP contribution is 2.34. The Morgan fingerprint density at radius 2 is 2.19 bits per heavy atom. The van der Waals surface area contributed by atoms with Crippen LogP contribution in [-0.4, -0.2) is 37.7 Å². The molecule has 1 heterocycles. The average molecular weight is 376 g/mol. The molecule has 1 amide bonds. The van der Waals surface area contributed by atoms with Crippen LogP contribution in [0.1, 0.15) is 36.0 Å². The van der Waals surface area contributed by atoms with E-state index in [4.69, 9.17) is 5.73 Å². The molecular formula is C16H20N6O3S. The summed E-state index contributed by atoms with van der Waals surface area (Å²) in [5.41, 5.74) is 5.55. The minimum Gasteiger partial charge on any atom is -0.345 e. The predicted octanol–water partition coefficient (Wildman–Crippen LogP) is 1.88. The summed E-state index contributed by atoms with van der Waals surface area (Å²) < 4.78 is 1.67. The van der Waals surface area contributed by atoms with Crippen molar-refractivity contribution >= 4 is 23.4 Å². The van der Waals surface area contributed by atoms with Crippen LogP contribution in [-0.2, 0) is 7.05 Å². The monoisotopic (exact) mass is 376 g/mol. The highest BCUT2D eigenvalue weighted by atomic mass is 32.2. The second kappa shape index (κ2) is 7.42. The van der Waals surface area contributed by atoms with Crippen molar-refractivity contribution in [1.82, 2.24) is 20.1 Å². The zero-order valence-corrected chi connectivity index (χ0v) is 15.2. The highest BCUT2D eigenvalue weighted by molar-refractivity contribution is 7.99. The molecule has 1 aromatic carbocycles. The maximum Gasteiger partial charge on any atom is 0.284 e. The lowest BCUT2D eigenvalue weighted by molar-refractivity contribution is -0.387. The number of nitrogens with one attached hydrogen (secondary N) is 1. The van der Waals surface area contributed by atoms with Crippen molar-refractivity contribution in [2.45, 2.75) is 41.3 Å². The molecule has 0 spiro atoms. The van der Waals surface area contributed by atoms with Crippen LogP contribution in [0.4, 0.5) is 5.69 Å². The summed E-state index contributed by atoms with van der Waals surface area (Å²) in [7, 11) is 1.75. The first kappa shape index (κ1) is 18.3. The van der Waals surface area contributed by atoms with Gasteiger partial charge in [0, 0.05) is 25.2 Å². The van der Waals surface area contributed by atoms with E-state index in [9.17, 15) is 14.9 Å². The van der Waals surface area contributed by atoms with Crippen LogP contribution in [0.3, 0.4) is 0 Å². The summed E-state index contributed by atoms with van der Waals surface area (Å²) in [6.07, 6.45) is 5.22. The van der Waals surface area contributed by atoms with Gasteiger partial charge in [0.15, 0.2) is 5.16 Å². The lowest BCUT2D eigenvalue weighted by Gasteiger charge is -2.28. The van der Waals surface area contributed by atoms with Crippen molar-refractivity contribution in [3.63, 3.8) is 0 Å². The molecule has 0 atom stereocenters. The fraction of sp³-hybridized carbons (Fsp3) is 0.438. The number of carbonyl (C=O) groups excluding carboxylic acids is 1. The van der Waals surface area contributed by atoms with Crippen LogP contribution in [0.15, 0.2) is 34.6 Å². The molecule has 0 bridgehead atoms. The Kier molecular flexibility index (Phi) is 5.23. The maximum atomic E-state index is 12.6. The molecule has 138 valence electrons. The van der Waals surface area contributed by atoms with Crippen molar-refractivity contribution in [2.24, 2.45) is 12.8 Å². The van der Waals surface area contributed by atoms with Gasteiger partial charge in [0.2, 0.25) is 0 Å². The molecule has 1 aliphatic carbocycles. The molecule has 0 radical (unpaired) electrons. The Morgan fingerprint density at radius 3 is 2.77 bits per heavy atom. The molecule has 0 aliphatic heterocycles. The molecular weight excluding hydrogens is 356 g/mol. The van der Waals surface area contributed by atoms with Gasteiger partial charge in [-0.25, -0.2) is 0 Å². The summed E-state index contributed by atoms with van der Waals surface area (Å²) in [5.74, 6) is -0.337. The number of nitro groups is 1. The Balaban J connectivity index is 1.85. The third-order valence-electron chi connectivity index (χ3n) is 4.62. The number of nitrogens with two attached hydrogens (primary N) is 1. The number of hydrogen-bond donors (Lipinski definition) is 2. The smallest absolute Gasteiger partial charge is 0.284 e. The van der Waals surface area contributed by atoms with Gasteiger partial charge >= 0.3 is 0 Å². The van der Waals surface area contributed by atoms with E-state index in [0.717, 1.165) is 37.4 Å². The van der Waals surface area contributed by atoms with E-state index in [1.54, 1.807) is 23.7 Å². The van der Waals surface area contributed by atoms with E-state index in [0.29, 0.717) is 16.6 Å².